The van der Waals surface area contributed by atoms with Gasteiger partial charge in [-0.3, -0.25) is 9.71 Å². The SMILES string of the molecule is O=S(=O)(Nc1cnccc1Cl)c1ccc(Cl)c(Br)c1. The Morgan fingerprint density at radius 2 is 1.89 bits per heavy atom. The third-order valence-corrected chi connectivity index (χ3v) is 5.12. The van der Waals surface area contributed by atoms with E-state index in [1.165, 1.54) is 36.7 Å². The summed E-state index contributed by atoms with van der Waals surface area (Å²) in [6.07, 6.45) is 2.81. The summed E-state index contributed by atoms with van der Waals surface area (Å²) in [7, 11) is -3.74. The molecule has 0 spiro atoms. The van der Waals surface area contributed by atoms with Gasteiger partial charge in [0.25, 0.3) is 10.0 Å². The van der Waals surface area contributed by atoms with Crippen molar-refractivity contribution in [1.29, 1.82) is 0 Å². The Morgan fingerprint density at radius 1 is 1.16 bits per heavy atom. The van der Waals surface area contributed by atoms with Crippen LogP contribution in [0.1, 0.15) is 0 Å². The minimum absolute atomic E-state index is 0.0729. The van der Waals surface area contributed by atoms with Crippen molar-refractivity contribution in [1.82, 2.24) is 4.98 Å². The Labute approximate surface area is 128 Å². The lowest BCUT2D eigenvalue weighted by Gasteiger charge is -2.09. The first-order valence-corrected chi connectivity index (χ1v) is 8.01. The van der Waals surface area contributed by atoms with Crippen LogP contribution in [0, 0.1) is 0 Å². The summed E-state index contributed by atoms with van der Waals surface area (Å²) in [4.78, 5) is 3.89. The van der Waals surface area contributed by atoms with Gasteiger partial charge in [-0.1, -0.05) is 23.2 Å². The van der Waals surface area contributed by atoms with E-state index >= 15 is 0 Å². The number of aromatic nitrogens is 1. The van der Waals surface area contributed by atoms with Gasteiger partial charge in [0, 0.05) is 10.7 Å². The molecule has 0 saturated carbocycles. The quantitative estimate of drug-likeness (QED) is 0.875. The van der Waals surface area contributed by atoms with Gasteiger partial charge in [-0.2, -0.15) is 0 Å². The summed E-state index contributed by atoms with van der Waals surface area (Å²) < 4.78 is 27.2. The molecular weight excluding hydrogens is 375 g/mol. The van der Waals surface area contributed by atoms with Crippen LogP contribution in [0.4, 0.5) is 5.69 Å². The molecule has 1 aromatic heterocycles. The van der Waals surface area contributed by atoms with Crippen LogP contribution in [0.25, 0.3) is 0 Å². The standard InChI is InChI=1S/C11H7BrCl2N2O2S/c12-8-5-7(1-2-9(8)13)19(17,18)16-11-6-15-4-3-10(11)14/h1-6,16H. The molecule has 0 bridgehead atoms. The monoisotopic (exact) mass is 380 g/mol. The summed E-state index contributed by atoms with van der Waals surface area (Å²) in [5.41, 5.74) is 0.218. The minimum atomic E-state index is -3.74. The Morgan fingerprint density at radius 3 is 2.53 bits per heavy atom. The van der Waals surface area contributed by atoms with Gasteiger partial charge in [-0.25, -0.2) is 8.42 Å². The summed E-state index contributed by atoms with van der Waals surface area (Å²) in [6, 6.07) is 5.80. The predicted octanol–water partition coefficient (Wildman–Crippen LogP) is 3.95. The molecule has 1 N–H and O–H groups in total. The first-order valence-electron chi connectivity index (χ1n) is 4.97. The van der Waals surface area contributed by atoms with Crippen molar-refractivity contribution >= 4 is 54.8 Å². The Bertz CT molecular complexity index is 722. The zero-order valence-electron chi connectivity index (χ0n) is 9.27. The zero-order chi connectivity index (χ0) is 14.0. The third kappa shape index (κ3) is 3.39. The number of hydrogen-bond acceptors (Lipinski definition) is 3. The molecule has 0 saturated heterocycles. The lowest BCUT2D eigenvalue weighted by atomic mass is 10.4. The van der Waals surface area contributed by atoms with Gasteiger partial charge in [0.2, 0.25) is 0 Å². The zero-order valence-corrected chi connectivity index (χ0v) is 13.2. The van der Waals surface area contributed by atoms with Crippen LogP contribution in [-0.4, -0.2) is 13.4 Å². The van der Waals surface area contributed by atoms with Gasteiger partial charge < -0.3 is 0 Å². The lowest BCUT2D eigenvalue weighted by Crippen LogP contribution is -2.13. The fourth-order valence-electron chi connectivity index (χ4n) is 1.30. The molecule has 0 radical (unpaired) electrons. The summed E-state index contributed by atoms with van der Waals surface area (Å²) in [6.45, 7) is 0. The van der Waals surface area contributed by atoms with Gasteiger partial charge in [-0.15, -0.1) is 0 Å². The summed E-state index contributed by atoms with van der Waals surface area (Å²) in [5, 5.41) is 0.699. The van der Waals surface area contributed by atoms with E-state index in [1.54, 1.807) is 0 Å². The van der Waals surface area contributed by atoms with E-state index in [9.17, 15) is 8.42 Å². The molecule has 8 heteroatoms. The van der Waals surface area contributed by atoms with Gasteiger partial charge in [0.1, 0.15) is 0 Å². The van der Waals surface area contributed by atoms with E-state index in [1.807, 2.05) is 0 Å². The fraction of sp³-hybridized carbons (Fsp3) is 0. The molecule has 1 heterocycles. The van der Waals surface area contributed by atoms with Crippen LogP contribution < -0.4 is 4.72 Å². The Kier molecular flexibility index (Phi) is 4.35. The van der Waals surface area contributed by atoms with E-state index in [2.05, 4.69) is 25.6 Å². The maximum Gasteiger partial charge on any atom is 0.262 e. The van der Waals surface area contributed by atoms with Crippen LogP contribution in [0.5, 0.6) is 0 Å². The van der Waals surface area contributed by atoms with Gasteiger partial charge in [0.05, 0.1) is 26.8 Å². The van der Waals surface area contributed by atoms with Crippen LogP contribution in [-0.2, 0) is 10.0 Å². The number of benzene rings is 1. The Balaban J connectivity index is 2.38. The first kappa shape index (κ1) is 14.6. The number of anilines is 1. The van der Waals surface area contributed by atoms with E-state index in [4.69, 9.17) is 23.2 Å². The number of pyridine rings is 1. The molecule has 0 amide bonds. The van der Waals surface area contributed by atoms with Crippen LogP contribution in [0.3, 0.4) is 0 Å². The predicted molar refractivity (Wildman–Crippen MR) is 79.2 cm³/mol. The molecule has 19 heavy (non-hydrogen) atoms. The van der Waals surface area contributed by atoms with Crippen molar-refractivity contribution in [3.05, 3.63) is 51.2 Å². The van der Waals surface area contributed by atoms with E-state index < -0.39 is 10.0 Å². The molecule has 2 rings (SSSR count). The smallest absolute Gasteiger partial charge is 0.262 e. The number of sulfonamides is 1. The van der Waals surface area contributed by atoms with Crippen molar-refractivity contribution in [2.45, 2.75) is 4.90 Å². The number of rotatable bonds is 3. The number of hydrogen-bond donors (Lipinski definition) is 1. The van der Waals surface area contributed by atoms with Gasteiger partial charge in [-0.05, 0) is 40.2 Å². The molecule has 100 valence electrons. The molecule has 0 unspecified atom stereocenters. The average Bonchev–Trinajstić information content (AvgIpc) is 2.35. The second-order valence-electron chi connectivity index (χ2n) is 3.54. The highest BCUT2D eigenvalue weighted by molar-refractivity contribution is 9.10. The minimum Gasteiger partial charge on any atom is -0.277 e. The maximum atomic E-state index is 12.2. The van der Waals surface area contributed by atoms with E-state index in [0.717, 1.165) is 0 Å². The molecule has 0 aliphatic carbocycles. The lowest BCUT2D eigenvalue weighted by molar-refractivity contribution is 0.601. The summed E-state index contributed by atoms with van der Waals surface area (Å²) in [5.74, 6) is 0. The second kappa shape index (κ2) is 5.66. The maximum absolute atomic E-state index is 12.2. The van der Waals surface area contributed by atoms with Crippen LogP contribution >= 0.6 is 39.1 Å². The van der Waals surface area contributed by atoms with E-state index in [-0.39, 0.29) is 15.6 Å². The van der Waals surface area contributed by atoms with Gasteiger partial charge in [0.15, 0.2) is 0 Å². The number of nitrogens with zero attached hydrogens (tertiary/aromatic N) is 1. The summed E-state index contributed by atoms with van der Waals surface area (Å²) >= 11 is 14.9. The molecule has 0 atom stereocenters. The van der Waals surface area contributed by atoms with Crippen LogP contribution in [0.15, 0.2) is 46.0 Å². The van der Waals surface area contributed by atoms with Crippen molar-refractivity contribution < 1.29 is 8.42 Å². The first-order chi connectivity index (χ1) is 8.90. The molecule has 4 nitrogen and oxygen atoms in total. The normalized spacial score (nSPS) is 11.3. The highest BCUT2D eigenvalue weighted by atomic mass is 79.9. The van der Waals surface area contributed by atoms with E-state index in [0.29, 0.717) is 9.50 Å². The van der Waals surface area contributed by atoms with Crippen molar-refractivity contribution in [2.75, 3.05) is 4.72 Å². The number of halogens is 3. The van der Waals surface area contributed by atoms with Crippen LogP contribution in [0.2, 0.25) is 10.0 Å². The molecule has 1 aromatic carbocycles. The largest absolute Gasteiger partial charge is 0.277 e. The third-order valence-electron chi connectivity index (χ3n) is 2.21. The average molecular weight is 382 g/mol. The second-order valence-corrected chi connectivity index (χ2v) is 6.89. The Hall–Kier alpha value is -0.820. The van der Waals surface area contributed by atoms with Crippen molar-refractivity contribution in [3.63, 3.8) is 0 Å². The van der Waals surface area contributed by atoms with Crippen molar-refractivity contribution in [2.24, 2.45) is 0 Å². The molecule has 0 fully saturated rings. The highest BCUT2D eigenvalue weighted by Crippen LogP contribution is 2.27. The molecule has 0 aliphatic rings. The molecular formula is C11H7BrCl2N2O2S. The molecule has 2 aromatic rings. The fourth-order valence-corrected chi connectivity index (χ4v) is 3.25. The van der Waals surface area contributed by atoms with Crippen molar-refractivity contribution in [3.8, 4) is 0 Å². The number of nitrogens with one attached hydrogen (secondary N) is 1. The topological polar surface area (TPSA) is 59.1 Å². The highest BCUT2D eigenvalue weighted by Gasteiger charge is 2.16. The van der Waals surface area contributed by atoms with Gasteiger partial charge >= 0.3 is 0 Å². The molecule has 0 aliphatic heterocycles.